The van der Waals surface area contributed by atoms with Gasteiger partial charge in [-0.1, -0.05) is 46.9 Å². The Balaban J connectivity index is 1.41. The molecule has 202 valence electrons. The van der Waals surface area contributed by atoms with Crippen LogP contribution < -0.4 is 15.8 Å². The highest BCUT2D eigenvalue weighted by Crippen LogP contribution is 2.33. The Bertz CT molecular complexity index is 1770. The number of nitrogens with one attached hydrogen (secondary N) is 1. The molecule has 40 heavy (non-hydrogen) atoms. The average Bonchev–Trinajstić information content (AvgIpc) is 2.95. The number of halogens is 3. The summed E-state index contributed by atoms with van der Waals surface area (Å²) in [6.45, 7) is 4.06. The van der Waals surface area contributed by atoms with Gasteiger partial charge < -0.3 is 15.1 Å². The molecule has 0 bridgehead atoms. The van der Waals surface area contributed by atoms with Gasteiger partial charge in [0.25, 0.3) is 5.56 Å². The van der Waals surface area contributed by atoms with Crippen molar-refractivity contribution in [2.45, 2.75) is 0 Å². The Morgan fingerprint density at radius 3 is 2.35 bits per heavy atom. The molecule has 8 nitrogen and oxygen atoms in total. The molecule has 6 rings (SSSR count). The van der Waals surface area contributed by atoms with Crippen LogP contribution in [0.3, 0.4) is 0 Å². The second kappa shape index (κ2) is 11.1. The summed E-state index contributed by atoms with van der Waals surface area (Å²) < 4.78 is 1.25. The van der Waals surface area contributed by atoms with Crippen molar-refractivity contribution in [3.05, 3.63) is 98.3 Å². The summed E-state index contributed by atoms with van der Waals surface area (Å²) in [5.74, 6) is 0.322. The van der Waals surface area contributed by atoms with E-state index in [1.54, 1.807) is 42.5 Å². The molecular weight excluding hydrogens is 569 g/mol. The van der Waals surface area contributed by atoms with Gasteiger partial charge in [-0.05, 0) is 61.6 Å². The van der Waals surface area contributed by atoms with Crippen LogP contribution in [0.15, 0.2) is 77.7 Å². The predicted molar refractivity (Wildman–Crippen MR) is 163 cm³/mol. The Kier molecular flexibility index (Phi) is 7.33. The van der Waals surface area contributed by atoms with Crippen molar-refractivity contribution in [1.29, 1.82) is 0 Å². The van der Waals surface area contributed by atoms with Gasteiger partial charge in [-0.25, -0.2) is 9.97 Å². The highest BCUT2D eigenvalue weighted by atomic mass is 35.5. The Labute approximate surface area is 245 Å². The van der Waals surface area contributed by atoms with Crippen molar-refractivity contribution in [1.82, 2.24) is 24.6 Å². The highest BCUT2D eigenvalue weighted by Gasteiger charge is 2.20. The Morgan fingerprint density at radius 2 is 1.62 bits per heavy atom. The van der Waals surface area contributed by atoms with E-state index in [9.17, 15) is 4.79 Å². The van der Waals surface area contributed by atoms with Gasteiger partial charge in [-0.15, -0.1) is 0 Å². The van der Waals surface area contributed by atoms with Gasteiger partial charge in [0, 0.05) is 54.3 Å². The first kappa shape index (κ1) is 26.5. The quantitative estimate of drug-likeness (QED) is 0.257. The number of hydrogen-bond acceptors (Lipinski definition) is 7. The zero-order valence-corrected chi connectivity index (χ0v) is 23.7. The lowest BCUT2D eigenvalue weighted by molar-refractivity contribution is 0.313. The van der Waals surface area contributed by atoms with Crippen LogP contribution in [0.25, 0.3) is 27.8 Å². The van der Waals surface area contributed by atoms with Crippen LogP contribution in [0.1, 0.15) is 0 Å². The number of benzene rings is 3. The van der Waals surface area contributed by atoms with Crippen molar-refractivity contribution in [3.8, 4) is 16.9 Å². The number of likely N-dealkylation sites (N-methyl/N-ethyl adjacent to an activating group) is 1. The molecule has 5 aromatic rings. The van der Waals surface area contributed by atoms with E-state index >= 15 is 0 Å². The molecule has 3 heterocycles. The predicted octanol–water partition coefficient (Wildman–Crippen LogP) is 6.30. The molecule has 1 fully saturated rings. The SMILES string of the molecule is CN1CCN(c2ccc(Nc3ncc4c(=O)n(-c5ccccc5Cl)nc(-c5ccc(Cl)cc5Cl)c4n3)cc2)CC1. The van der Waals surface area contributed by atoms with Gasteiger partial charge in [-0.3, -0.25) is 4.79 Å². The smallest absolute Gasteiger partial charge is 0.282 e. The molecule has 1 N–H and O–H groups in total. The third-order valence-electron chi connectivity index (χ3n) is 6.89. The van der Waals surface area contributed by atoms with E-state index in [4.69, 9.17) is 39.8 Å². The summed E-state index contributed by atoms with van der Waals surface area (Å²) in [6, 6.07) is 20.2. The van der Waals surface area contributed by atoms with Crippen LogP contribution in [-0.2, 0) is 0 Å². The van der Waals surface area contributed by atoms with E-state index in [1.807, 2.05) is 12.1 Å². The first-order valence-corrected chi connectivity index (χ1v) is 13.8. The second-order valence-electron chi connectivity index (χ2n) is 9.56. The maximum absolute atomic E-state index is 13.6. The third-order valence-corrected chi connectivity index (χ3v) is 7.76. The molecule has 0 amide bonds. The lowest BCUT2D eigenvalue weighted by Crippen LogP contribution is -2.44. The van der Waals surface area contributed by atoms with E-state index in [1.165, 1.54) is 16.6 Å². The minimum Gasteiger partial charge on any atom is -0.369 e. The highest BCUT2D eigenvalue weighted by molar-refractivity contribution is 6.36. The Morgan fingerprint density at radius 1 is 0.875 bits per heavy atom. The number of para-hydroxylation sites is 1. The maximum atomic E-state index is 13.6. The van der Waals surface area contributed by atoms with Crippen molar-refractivity contribution in [2.75, 3.05) is 43.4 Å². The average molecular weight is 593 g/mol. The number of anilines is 3. The second-order valence-corrected chi connectivity index (χ2v) is 10.8. The molecular formula is C29H24Cl3N7O. The number of hydrogen-bond donors (Lipinski definition) is 1. The van der Waals surface area contributed by atoms with Gasteiger partial charge in [0.1, 0.15) is 11.2 Å². The fraction of sp³-hybridized carbons (Fsp3) is 0.172. The van der Waals surface area contributed by atoms with Crippen molar-refractivity contribution in [3.63, 3.8) is 0 Å². The summed E-state index contributed by atoms with van der Waals surface area (Å²) in [5, 5.41) is 9.43. The number of piperazine rings is 1. The molecule has 1 aliphatic rings. The molecule has 1 saturated heterocycles. The van der Waals surface area contributed by atoms with Crippen LogP contribution in [0.5, 0.6) is 0 Å². The van der Waals surface area contributed by atoms with Gasteiger partial charge in [-0.2, -0.15) is 9.78 Å². The standard InChI is InChI=1S/C29H24Cl3N7O/c1-37-12-14-38(15-13-37)20-9-7-19(8-10-20)34-29-33-17-22-26(35-29)27(21-11-6-18(30)16-24(21)32)36-39(28(22)40)25-5-3-2-4-23(25)31/h2-11,16-17H,12-15H2,1H3,(H,33,34,35). The molecule has 0 unspecified atom stereocenters. The van der Waals surface area contributed by atoms with Crippen molar-refractivity contribution >= 4 is 63.0 Å². The van der Waals surface area contributed by atoms with E-state index in [0.29, 0.717) is 43.5 Å². The maximum Gasteiger partial charge on any atom is 0.282 e. The van der Waals surface area contributed by atoms with Gasteiger partial charge >= 0.3 is 0 Å². The van der Waals surface area contributed by atoms with Gasteiger partial charge in [0.15, 0.2) is 0 Å². The van der Waals surface area contributed by atoms with Crippen molar-refractivity contribution < 1.29 is 0 Å². The zero-order chi connectivity index (χ0) is 27.8. The lowest BCUT2D eigenvalue weighted by atomic mass is 10.1. The van der Waals surface area contributed by atoms with Crippen LogP contribution in [0.2, 0.25) is 15.1 Å². The molecule has 0 aliphatic carbocycles. The van der Waals surface area contributed by atoms with E-state index in [-0.39, 0.29) is 5.39 Å². The molecule has 3 aromatic carbocycles. The lowest BCUT2D eigenvalue weighted by Gasteiger charge is -2.34. The summed E-state index contributed by atoms with van der Waals surface area (Å²) in [6.07, 6.45) is 1.49. The minimum atomic E-state index is -0.403. The van der Waals surface area contributed by atoms with Crippen LogP contribution >= 0.6 is 34.8 Å². The third kappa shape index (κ3) is 5.23. The number of aromatic nitrogens is 4. The first-order valence-electron chi connectivity index (χ1n) is 12.7. The van der Waals surface area contributed by atoms with Crippen molar-refractivity contribution in [2.24, 2.45) is 0 Å². The van der Waals surface area contributed by atoms with Gasteiger partial charge in [0.2, 0.25) is 5.95 Å². The monoisotopic (exact) mass is 591 g/mol. The molecule has 0 spiro atoms. The summed E-state index contributed by atoms with van der Waals surface area (Å²) in [5.41, 5.74) is 3.34. The number of rotatable bonds is 5. The van der Waals surface area contributed by atoms with E-state index in [2.05, 4.69) is 44.4 Å². The fourth-order valence-electron chi connectivity index (χ4n) is 4.68. The molecule has 11 heteroatoms. The normalized spacial score (nSPS) is 14.1. The summed E-state index contributed by atoms with van der Waals surface area (Å²) in [7, 11) is 2.14. The largest absolute Gasteiger partial charge is 0.369 e. The molecule has 1 aliphatic heterocycles. The molecule has 2 aromatic heterocycles. The minimum absolute atomic E-state index is 0.270. The van der Waals surface area contributed by atoms with Crippen LogP contribution in [0, 0.1) is 0 Å². The van der Waals surface area contributed by atoms with Crippen LogP contribution in [0.4, 0.5) is 17.3 Å². The summed E-state index contributed by atoms with van der Waals surface area (Å²) in [4.78, 5) is 27.4. The topological polar surface area (TPSA) is 79.2 Å². The fourth-order valence-corrected chi connectivity index (χ4v) is 5.40. The zero-order valence-electron chi connectivity index (χ0n) is 21.5. The molecule has 0 atom stereocenters. The summed E-state index contributed by atoms with van der Waals surface area (Å²) >= 11 is 19.2. The van der Waals surface area contributed by atoms with Gasteiger partial charge in [0.05, 0.1) is 21.1 Å². The van der Waals surface area contributed by atoms with E-state index in [0.717, 1.165) is 31.9 Å². The van der Waals surface area contributed by atoms with E-state index < -0.39 is 5.56 Å². The van der Waals surface area contributed by atoms with Crippen LogP contribution in [-0.4, -0.2) is 57.9 Å². The molecule has 0 radical (unpaired) electrons. The number of nitrogens with zero attached hydrogens (tertiary/aromatic N) is 6. The number of fused-ring (bicyclic) bond motifs is 1. The molecule has 0 saturated carbocycles. The first-order chi connectivity index (χ1) is 19.4. The Hall–Kier alpha value is -3.69.